The summed E-state index contributed by atoms with van der Waals surface area (Å²) in [6.45, 7) is 0. The van der Waals surface area contributed by atoms with Gasteiger partial charge >= 0.3 is 0 Å². The van der Waals surface area contributed by atoms with Crippen molar-refractivity contribution < 1.29 is 0 Å². The molecule has 0 amide bonds. The van der Waals surface area contributed by atoms with Crippen molar-refractivity contribution in [2.75, 3.05) is 11.5 Å². The molecule has 1 aromatic heterocycles. The van der Waals surface area contributed by atoms with Gasteiger partial charge in [-0.05, 0) is 12.1 Å². The highest BCUT2D eigenvalue weighted by molar-refractivity contribution is 5.70. The van der Waals surface area contributed by atoms with Crippen LogP contribution in [0, 0.1) is 0 Å². The summed E-state index contributed by atoms with van der Waals surface area (Å²) < 4.78 is 0. The predicted octanol–water partition coefficient (Wildman–Crippen LogP) is 1.24. The first-order chi connectivity index (χ1) is 6.27. The predicted molar refractivity (Wildman–Crippen MR) is 52.8 cm³/mol. The fourth-order valence-electron chi connectivity index (χ4n) is 1.19. The third kappa shape index (κ3) is 1.33. The van der Waals surface area contributed by atoms with Crippen LogP contribution in [0.5, 0.6) is 0 Å². The van der Waals surface area contributed by atoms with Crippen molar-refractivity contribution in [2.24, 2.45) is 0 Å². The van der Waals surface area contributed by atoms with Crippen LogP contribution in [0.25, 0.3) is 11.3 Å². The van der Waals surface area contributed by atoms with E-state index in [0.717, 1.165) is 16.9 Å². The second kappa shape index (κ2) is 2.82. The Morgan fingerprint density at radius 2 is 1.77 bits per heavy atom. The first-order valence-corrected chi connectivity index (χ1v) is 3.92. The number of imidazole rings is 1. The SMILES string of the molecule is Nc1ccc(-c2[nH]cnc2N)cc1. The first-order valence-electron chi connectivity index (χ1n) is 3.92. The highest BCUT2D eigenvalue weighted by Crippen LogP contribution is 2.22. The lowest BCUT2D eigenvalue weighted by Crippen LogP contribution is -1.89. The van der Waals surface area contributed by atoms with Crippen LogP contribution in [-0.4, -0.2) is 9.97 Å². The quantitative estimate of drug-likeness (QED) is 0.569. The number of nitrogens with zero attached hydrogens (tertiary/aromatic N) is 1. The summed E-state index contributed by atoms with van der Waals surface area (Å²) in [5, 5.41) is 0. The molecule has 13 heavy (non-hydrogen) atoms. The third-order valence-corrected chi connectivity index (χ3v) is 1.87. The molecule has 2 rings (SSSR count). The minimum atomic E-state index is 0.504. The Morgan fingerprint density at radius 1 is 1.08 bits per heavy atom. The minimum absolute atomic E-state index is 0.504. The van der Waals surface area contributed by atoms with Crippen LogP contribution in [0.15, 0.2) is 30.6 Å². The van der Waals surface area contributed by atoms with Gasteiger partial charge in [0.2, 0.25) is 0 Å². The standard InChI is InChI=1S/C9H10N4/c10-7-3-1-6(2-4-7)8-9(11)13-5-12-8/h1-5H,10-11H2,(H,12,13). The third-order valence-electron chi connectivity index (χ3n) is 1.87. The number of nitrogens with one attached hydrogen (secondary N) is 1. The minimum Gasteiger partial charge on any atom is -0.399 e. The van der Waals surface area contributed by atoms with Crippen LogP contribution >= 0.6 is 0 Å². The second-order valence-corrected chi connectivity index (χ2v) is 2.78. The van der Waals surface area contributed by atoms with Crippen molar-refractivity contribution in [3.63, 3.8) is 0 Å². The van der Waals surface area contributed by atoms with Crippen LogP contribution in [0.1, 0.15) is 0 Å². The Bertz CT molecular complexity index is 402. The van der Waals surface area contributed by atoms with E-state index in [-0.39, 0.29) is 0 Å². The summed E-state index contributed by atoms with van der Waals surface area (Å²) in [7, 11) is 0. The molecule has 0 radical (unpaired) electrons. The Morgan fingerprint density at radius 3 is 2.31 bits per heavy atom. The first kappa shape index (κ1) is 7.67. The van der Waals surface area contributed by atoms with Gasteiger partial charge in [-0.15, -0.1) is 0 Å². The number of hydrogen-bond acceptors (Lipinski definition) is 3. The fourth-order valence-corrected chi connectivity index (χ4v) is 1.19. The molecule has 0 spiro atoms. The van der Waals surface area contributed by atoms with Gasteiger partial charge in [0.25, 0.3) is 0 Å². The summed E-state index contributed by atoms with van der Waals surface area (Å²) in [4.78, 5) is 6.87. The van der Waals surface area contributed by atoms with E-state index in [1.54, 1.807) is 6.33 Å². The largest absolute Gasteiger partial charge is 0.399 e. The molecule has 0 saturated carbocycles. The average molecular weight is 174 g/mol. The number of rotatable bonds is 1. The van der Waals surface area contributed by atoms with Crippen molar-refractivity contribution in [1.29, 1.82) is 0 Å². The molecule has 1 aromatic carbocycles. The highest BCUT2D eigenvalue weighted by atomic mass is 15.0. The lowest BCUT2D eigenvalue weighted by atomic mass is 10.1. The molecular formula is C9H10N4. The Hall–Kier alpha value is -1.97. The summed E-state index contributed by atoms with van der Waals surface area (Å²) in [5.74, 6) is 0.504. The highest BCUT2D eigenvalue weighted by Gasteiger charge is 2.03. The van der Waals surface area contributed by atoms with Gasteiger partial charge in [0.15, 0.2) is 0 Å². The molecule has 0 bridgehead atoms. The zero-order chi connectivity index (χ0) is 9.26. The monoisotopic (exact) mass is 174 g/mol. The Kier molecular flexibility index (Phi) is 1.66. The molecule has 4 nitrogen and oxygen atoms in total. The molecule has 4 heteroatoms. The molecule has 0 aliphatic rings. The topological polar surface area (TPSA) is 80.7 Å². The summed E-state index contributed by atoms with van der Waals surface area (Å²) in [5.41, 5.74) is 13.8. The van der Waals surface area contributed by atoms with Crippen LogP contribution in [0.4, 0.5) is 11.5 Å². The number of aromatic nitrogens is 2. The molecule has 0 unspecified atom stereocenters. The maximum atomic E-state index is 5.64. The molecule has 0 atom stereocenters. The number of nitrogens with two attached hydrogens (primary N) is 2. The molecular weight excluding hydrogens is 164 g/mol. The van der Waals surface area contributed by atoms with Crippen molar-refractivity contribution >= 4 is 11.5 Å². The van der Waals surface area contributed by atoms with Gasteiger partial charge in [-0.25, -0.2) is 4.98 Å². The zero-order valence-corrected chi connectivity index (χ0v) is 6.99. The smallest absolute Gasteiger partial charge is 0.149 e. The van der Waals surface area contributed by atoms with E-state index in [1.165, 1.54) is 0 Å². The number of anilines is 2. The van der Waals surface area contributed by atoms with Gasteiger partial charge in [-0.1, -0.05) is 12.1 Å². The van der Waals surface area contributed by atoms with E-state index in [9.17, 15) is 0 Å². The molecule has 66 valence electrons. The maximum Gasteiger partial charge on any atom is 0.149 e. The number of nitrogen functional groups attached to an aromatic ring is 2. The van der Waals surface area contributed by atoms with Crippen molar-refractivity contribution in [1.82, 2.24) is 9.97 Å². The van der Waals surface area contributed by atoms with Crippen molar-refractivity contribution in [2.45, 2.75) is 0 Å². The number of benzene rings is 1. The van der Waals surface area contributed by atoms with E-state index < -0.39 is 0 Å². The number of H-pyrrole nitrogens is 1. The van der Waals surface area contributed by atoms with Crippen LogP contribution in [0.2, 0.25) is 0 Å². The Labute approximate surface area is 75.6 Å². The summed E-state index contributed by atoms with van der Waals surface area (Å²) in [6, 6.07) is 7.46. The van der Waals surface area contributed by atoms with Crippen LogP contribution < -0.4 is 11.5 Å². The summed E-state index contributed by atoms with van der Waals surface area (Å²) in [6.07, 6.45) is 1.57. The van der Waals surface area contributed by atoms with E-state index >= 15 is 0 Å². The normalized spacial score (nSPS) is 10.2. The molecule has 0 saturated heterocycles. The van der Waals surface area contributed by atoms with Crippen LogP contribution in [-0.2, 0) is 0 Å². The molecule has 0 aliphatic heterocycles. The average Bonchev–Trinajstić information content (AvgIpc) is 2.53. The van der Waals surface area contributed by atoms with E-state index in [2.05, 4.69) is 9.97 Å². The molecule has 1 heterocycles. The van der Waals surface area contributed by atoms with Gasteiger partial charge in [0.05, 0.1) is 12.0 Å². The molecule has 2 aromatic rings. The maximum absolute atomic E-state index is 5.64. The lowest BCUT2D eigenvalue weighted by Gasteiger charge is -1.99. The zero-order valence-electron chi connectivity index (χ0n) is 6.99. The van der Waals surface area contributed by atoms with Gasteiger partial charge in [0, 0.05) is 11.3 Å². The lowest BCUT2D eigenvalue weighted by molar-refractivity contribution is 1.32. The van der Waals surface area contributed by atoms with E-state index in [4.69, 9.17) is 11.5 Å². The van der Waals surface area contributed by atoms with E-state index in [1.807, 2.05) is 24.3 Å². The van der Waals surface area contributed by atoms with Crippen molar-refractivity contribution in [3.8, 4) is 11.3 Å². The van der Waals surface area contributed by atoms with E-state index in [0.29, 0.717) is 5.82 Å². The molecule has 5 N–H and O–H groups in total. The van der Waals surface area contributed by atoms with Gasteiger partial charge in [0.1, 0.15) is 5.82 Å². The number of hydrogen-bond donors (Lipinski definition) is 3. The summed E-state index contributed by atoms with van der Waals surface area (Å²) >= 11 is 0. The van der Waals surface area contributed by atoms with Crippen molar-refractivity contribution in [3.05, 3.63) is 30.6 Å². The molecule has 0 aliphatic carbocycles. The Balaban J connectivity index is 2.47. The van der Waals surface area contributed by atoms with Gasteiger partial charge in [-0.3, -0.25) is 0 Å². The van der Waals surface area contributed by atoms with Gasteiger partial charge in [-0.2, -0.15) is 0 Å². The second-order valence-electron chi connectivity index (χ2n) is 2.78. The van der Waals surface area contributed by atoms with Gasteiger partial charge < -0.3 is 16.5 Å². The fraction of sp³-hybridized carbons (Fsp3) is 0. The number of aromatic amines is 1. The molecule has 0 fully saturated rings. The van der Waals surface area contributed by atoms with Crippen LogP contribution in [0.3, 0.4) is 0 Å².